The van der Waals surface area contributed by atoms with Crippen LogP contribution in [0, 0.1) is 0 Å². The van der Waals surface area contributed by atoms with Crippen molar-refractivity contribution in [3.05, 3.63) is 47.0 Å². The topological polar surface area (TPSA) is 68.8 Å². The molecular formula is C16H14BrN5O. The predicted molar refractivity (Wildman–Crippen MR) is 92.3 cm³/mol. The first-order valence-corrected chi connectivity index (χ1v) is 8.01. The number of rotatable bonds is 3. The highest BCUT2D eigenvalue weighted by Gasteiger charge is 2.17. The quantitative estimate of drug-likeness (QED) is 0.588. The van der Waals surface area contributed by atoms with Gasteiger partial charge in [-0.2, -0.15) is 5.10 Å². The second-order valence-electron chi connectivity index (χ2n) is 5.39. The maximum Gasteiger partial charge on any atom is 0.164 e. The molecule has 0 aliphatic carbocycles. The lowest BCUT2D eigenvalue weighted by molar-refractivity contribution is 0.526. The summed E-state index contributed by atoms with van der Waals surface area (Å²) in [6, 6.07) is 9.98. The molecule has 4 rings (SSSR count). The Kier molecular flexibility index (Phi) is 3.30. The van der Waals surface area contributed by atoms with E-state index in [4.69, 9.17) is 4.42 Å². The molecule has 0 unspecified atom stereocenters. The molecule has 0 radical (unpaired) electrons. The molecule has 4 aromatic rings. The largest absolute Gasteiger partial charge is 0.459 e. The highest BCUT2D eigenvalue weighted by Crippen LogP contribution is 2.31. The van der Waals surface area contributed by atoms with E-state index in [-0.39, 0.29) is 6.04 Å². The highest BCUT2D eigenvalue weighted by molar-refractivity contribution is 9.10. The summed E-state index contributed by atoms with van der Waals surface area (Å²) in [6.07, 6.45) is 1.53. The number of fused-ring (bicyclic) bond motifs is 2. The zero-order chi connectivity index (χ0) is 16.0. The molecule has 0 fully saturated rings. The van der Waals surface area contributed by atoms with Crippen LogP contribution in [0.25, 0.3) is 22.0 Å². The fourth-order valence-corrected chi connectivity index (χ4v) is 3.25. The number of aromatic nitrogens is 4. The highest BCUT2D eigenvalue weighted by atomic mass is 79.9. The molecule has 3 heterocycles. The van der Waals surface area contributed by atoms with Crippen molar-refractivity contribution in [3.8, 4) is 0 Å². The Morgan fingerprint density at radius 3 is 2.91 bits per heavy atom. The van der Waals surface area contributed by atoms with E-state index in [9.17, 15) is 0 Å². The Bertz CT molecular complexity index is 973. The van der Waals surface area contributed by atoms with Gasteiger partial charge in [0.1, 0.15) is 28.1 Å². The third-order valence-corrected chi connectivity index (χ3v) is 4.36. The van der Waals surface area contributed by atoms with E-state index in [0.717, 1.165) is 38.2 Å². The molecule has 0 saturated heterocycles. The summed E-state index contributed by atoms with van der Waals surface area (Å²) in [5.41, 5.74) is 1.65. The zero-order valence-corrected chi connectivity index (χ0v) is 14.2. The Balaban J connectivity index is 1.72. The first kappa shape index (κ1) is 14.2. The number of aryl methyl sites for hydroxylation is 1. The monoisotopic (exact) mass is 371 g/mol. The minimum atomic E-state index is -0.0346. The lowest BCUT2D eigenvalue weighted by Crippen LogP contribution is -2.07. The number of hydrogen-bond donors (Lipinski definition) is 1. The maximum absolute atomic E-state index is 5.91. The molecule has 0 saturated carbocycles. The van der Waals surface area contributed by atoms with E-state index in [0.29, 0.717) is 0 Å². The average Bonchev–Trinajstić information content (AvgIpc) is 3.10. The van der Waals surface area contributed by atoms with Crippen LogP contribution < -0.4 is 5.32 Å². The first-order valence-electron chi connectivity index (χ1n) is 7.21. The summed E-state index contributed by atoms with van der Waals surface area (Å²) in [5.74, 6) is 1.58. The molecule has 1 N–H and O–H groups in total. The van der Waals surface area contributed by atoms with Crippen LogP contribution >= 0.6 is 15.9 Å². The number of anilines is 1. The third-order valence-electron chi connectivity index (χ3n) is 3.80. The molecule has 1 aromatic carbocycles. The molecule has 6 nitrogen and oxygen atoms in total. The lowest BCUT2D eigenvalue weighted by atomic mass is 10.2. The number of hydrogen-bond acceptors (Lipinski definition) is 5. The molecule has 3 aromatic heterocycles. The summed E-state index contributed by atoms with van der Waals surface area (Å²) >= 11 is 3.47. The summed E-state index contributed by atoms with van der Waals surface area (Å²) < 4.78 is 8.35. The van der Waals surface area contributed by atoms with Crippen LogP contribution in [-0.2, 0) is 7.05 Å². The Hall–Kier alpha value is -2.41. The van der Waals surface area contributed by atoms with Crippen LogP contribution in [0.15, 0.2) is 45.7 Å². The van der Waals surface area contributed by atoms with Crippen LogP contribution in [0.3, 0.4) is 0 Å². The Labute approximate surface area is 140 Å². The number of furan rings is 1. The van der Waals surface area contributed by atoms with Crippen molar-refractivity contribution in [2.75, 3.05) is 5.32 Å². The van der Waals surface area contributed by atoms with Gasteiger partial charge in [-0.25, -0.2) is 14.6 Å². The molecule has 0 bridgehead atoms. The predicted octanol–water partition coefficient (Wildman–Crippen LogP) is 4.05. The summed E-state index contributed by atoms with van der Waals surface area (Å²) in [5, 5.41) is 9.67. The van der Waals surface area contributed by atoms with Crippen LogP contribution in [0.2, 0.25) is 0 Å². The first-order chi connectivity index (χ1) is 11.1. The SMILES string of the molecule is C[C@@H](Nc1ncnc2c1c(Br)nn2C)c1cc2ccccc2o1. The lowest BCUT2D eigenvalue weighted by Gasteiger charge is -2.12. The van der Waals surface area contributed by atoms with E-state index in [1.165, 1.54) is 6.33 Å². The molecular weight excluding hydrogens is 358 g/mol. The van der Waals surface area contributed by atoms with E-state index in [1.807, 2.05) is 44.3 Å². The van der Waals surface area contributed by atoms with Crippen molar-refractivity contribution in [1.29, 1.82) is 0 Å². The van der Waals surface area contributed by atoms with Crippen LogP contribution in [0.4, 0.5) is 5.82 Å². The van der Waals surface area contributed by atoms with Crippen molar-refractivity contribution in [2.24, 2.45) is 7.05 Å². The third kappa shape index (κ3) is 2.37. The van der Waals surface area contributed by atoms with Crippen LogP contribution in [-0.4, -0.2) is 19.7 Å². The van der Waals surface area contributed by atoms with Gasteiger partial charge in [-0.1, -0.05) is 18.2 Å². The van der Waals surface area contributed by atoms with Gasteiger partial charge in [0, 0.05) is 12.4 Å². The van der Waals surface area contributed by atoms with Crippen molar-refractivity contribution in [2.45, 2.75) is 13.0 Å². The summed E-state index contributed by atoms with van der Waals surface area (Å²) in [4.78, 5) is 8.63. The molecule has 23 heavy (non-hydrogen) atoms. The van der Waals surface area contributed by atoms with Crippen molar-refractivity contribution >= 4 is 43.8 Å². The zero-order valence-electron chi connectivity index (χ0n) is 12.6. The van der Waals surface area contributed by atoms with Crippen molar-refractivity contribution < 1.29 is 4.42 Å². The van der Waals surface area contributed by atoms with Gasteiger partial charge in [-0.15, -0.1) is 0 Å². The second kappa shape index (κ2) is 5.34. The number of benzene rings is 1. The van der Waals surface area contributed by atoms with Crippen molar-refractivity contribution in [3.63, 3.8) is 0 Å². The summed E-state index contributed by atoms with van der Waals surface area (Å²) in [7, 11) is 1.85. The van der Waals surface area contributed by atoms with Gasteiger partial charge in [-0.05, 0) is 35.0 Å². The molecule has 0 spiro atoms. The average molecular weight is 372 g/mol. The minimum absolute atomic E-state index is 0.0346. The number of nitrogens with one attached hydrogen (secondary N) is 1. The summed E-state index contributed by atoms with van der Waals surface area (Å²) in [6.45, 7) is 2.04. The number of halogens is 1. The minimum Gasteiger partial charge on any atom is -0.459 e. The number of nitrogens with zero attached hydrogens (tertiary/aromatic N) is 4. The van der Waals surface area contributed by atoms with Gasteiger partial charge in [0.05, 0.1) is 11.4 Å². The van der Waals surface area contributed by atoms with Crippen LogP contribution in [0.5, 0.6) is 0 Å². The van der Waals surface area contributed by atoms with Crippen LogP contribution in [0.1, 0.15) is 18.7 Å². The molecule has 7 heteroatoms. The molecule has 1 atom stereocenters. The Morgan fingerprint density at radius 2 is 2.09 bits per heavy atom. The molecule has 0 aliphatic rings. The molecule has 0 amide bonds. The van der Waals surface area contributed by atoms with Gasteiger partial charge >= 0.3 is 0 Å². The molecule has 116 valence electrons. The van der Waals surface area contributed by atoms with E-state index in [2.05, 4.69) is 36.3 Å². The van der Waals surface area contributed by atoms with E-state index >= 15 is 0 Å². The smallest absolute Gasteiger partial charge is 0.164 e. The standard InChI is InChI=1S/C16H14BrN5O/c1-9(12-7-10-5-3-4-6-11(10)23-12)20-15-13-14(17)21-22(2)16(13)19-8-18-15/h3-9H,1-2H3,(H,18,19,20)/t9-/m1/s1. The van der Waals surface area contributed by atoms with Gasteiger partial charge in [0.2, 0.25) is 0 Å². The van der Waals surface area contributed by atoms with Gasteiger partial charge in [-0.3, -0.25) is 0 Å². The fraction of sp³-hybridized carbons (Fsp3) is 0.188. The fourth-order valence-electron chi connectivity index (χ4n) is 2.64. The Morgan fingerprint density at radius 1 is 1.26 bits per heavy atom. The van der Waals surface area contributed by atoms with E-state index in [1.54, 1.807) is 4.68 Å². The normalized spacial score (nSPS) is 12.8. The molecule has 0 aliphatic heterocycles. The maximum atomic E-state index is 5.91. The van der Waals surface area contributed by atoms with Crippen molar-refractivity contribution in [1.82, 2.24) is 19.7 Å². The second-order valence-corrected chi connectivity index (χ2v) is 6.14. The van der Waals surface area contributed by atoms with E-state index < -0.39 is 0 Å². The van der Waals surface area contributed by atoms with Gasteiger partial charge in [0.25, 0.3) is 0 Å². The van der Waals surface area contributed by atoms with Gasteiger partial charge in [0.15, 0.2) is 5.65 Å². The van der Waals surface area contributed by atoms with Gasteiger partial charge < -0.3 is 9.73 Å². The number of para-hydroxylation sites is 1.